The van der Waals surface area contributed by atoms with Crippen molar-refractivity contribution in [1.82, 2.24) is 5.32 Å². The van der Waals surface area contributed by atoms with Crippen LogP contribution in [-0.4, -0.2) is 11.9 Å². The Bertz CT molecular complexity index is 388. The van der Waals surface area contributed by atoms with Gasteiger partial charge < -0.3 is 5.32 Å². The van der Waals surface area contributed by atoms with E-state index in [1.807, 2.05) is 34.6 Å². The highest BCUT2D eigenvalue weighted by molar-refractivity contribution is 5.47. The maximum Gasteiger partial charge on any atom is 0.207 e. The lowest BCUT2D eigenvalue weighted by molar-refractivity contribution is -0.110. The van der Waals surface area contributed by atoms with Crippen molar-refractivity contribution in [3.05, 3.63) is 34.9 Å². The van der Waals surface area contributed by atoms with Crippen LogP contribution in [0.1, 0.15) is 72.1 Å². The van der Waals surface area contributed by atoms with E-state index >= 15 is 0 Å². The Hall–Kier alpha value is -1.31. The van der Waals surface area contributed by atoms with Gasteiger partial charge in [0, 0.05) is 5.54 Å². The number of aryl methyl sites for hydroxylation is 2. The minimum absolute atomic E-state index is 0.0677. The zero-order chi connectivity index (χ0) is 17.3. The summed E-state index contributed by atoms with van der Waals surface area (Å²) in [4.78, 5) is 9.71. The first-order valence-electron chi connectivity index (χ1n) is 7.76. The minimum Gasteiger partial charge on any atom is -0.354 e. The van der Waals surface area contributed by atoms with Crippen LogP contribution in [0.15, 0.2) is 18.2 Å². The quantitative estimate of drug-likeness (QED) is 0.712. The Morgan fingerprint density at radius 3 is 1.43 bits per heavy atom. The van der Waals surface area contributed by atoms with E-state index in [1.54, 1.807) is 0 Å². The van der Waals surface area contributed by atoms with E-state index in [4.69, 9.17) is 0 Å². The van der Waals surface area contributed by atoms with Crippen LogP contribution in [0.4, 0.5) is 0 Å². The fraction of sp³-hybridized carbons (Fsp3) is 0.632. The summed E-state index contributed by atoms with van der Waals surface area (Å²) in [6.45, 7) is 20.9. The number of nitrogens with one attached hydrogen (secondary N) is 1. The molecule has 0 heterocycles. The number of carbonyl (C=O) groups is 1. The molecule has 0 aliphatic heterocycles. The Labute approximate surface area is 132 Å². The highest BCUT2D eigenvalue weighted by atomic mass is 16.1. The van der Waals surface area contributed by atoms with Gasteiger partial charge >= 0.3 is 0 Å². The van der Waals surface area contributed by atoms with Gasteiger partial charge in [-0.2, -0.15) is 0 Å². The topological polar surface area (TPSA) is 29.1 Å². The van der Waals surface area contributed by atoms with Crippen molar-refractivity contribution in [1.29, 1.82) is 0 Å². The number of amides is 1. The molecule has 21 heavy (non-hydrogen) atoms. The van der Waals surface area contributed by atoms with Crippen LogP contribution >= 0.6 is 0 Å². The van der Waals surface area contributed by atoms with Crippen LogP contribution in [0, 0.1) is 13.8 Å². The van der Waals surface area contributed by atoms with Crippen molar-refractivity contribution >= 4 is 6.41 Å². The predicted molar refractivity (Wildman–Crippen MR) is 94.9 cm³/mol. The molecule has 0 saturated heterocycles. The summed E-state index contributed by atoms with van der Waals surface area (Å²) in [7, 11) is 0. The van der Waals surface area contributed by atoms with Crippen LogP contribution in [0.5, 0.6) is 0 Å². The maximum absolute atomic E-state index is 9.71. The zero-order valence-electron chi connectivity index (χ0n) is 15.7. The van der Waals surface area contributed by atoms with Gasteiger partial charge in [-0.15, -0.1) is 0 Å². The zero-order valence-corrected chi connectivity index (χ0v) is 15.7. The van der Waals surface area contributed by atoms with Gasteiger partial charge in [-0.25, -0.2) is 0 Å². The standard InChI is InChI=1S/C12H18.C5H11NO.C2H6/c1-9-6-10(2)8-11(7-9)12(3,4)5;1-5(2,3)6-4-7;1-2/h6-8H,1-5H3;4H,1-3H3,(H,6,7);1-2H3. The van der Waals surface area contributed by atoms with E-state index in [2.05, 4.69) is 58.1 Å². The summed E-state index contributed by atoms with van der Waals surface area (Å²) < 4.78 is 0. The molecule has 0 saturated carbocycles. The lowest BCUT2D eigenvalue weighted by atomic mass is 9.85. The fourth-order valence-electron chi connectivity index (χ4n) is 1.58. The third kappa shape index (κ3) is 12.2. The molecule has 0 atom stereocenters. The molecule has 0 aliphatic carbocycles. The first-order chi connectivity index (χ1) is 9.45. The van der Waals surface area contributed by atoms with Crippen LogP contribution in [0.3, 0.4) is 0 Å². The second kappa shape index (κ2) is 9.59. The van der Waals surface area contributed by atoms with Crippen molar-refractivity contribution in [2.45, 2.75) is 80.2 Å². The van der Waals surface area contributed by atoms with Crippen molar-refractivity contribution in [3.63, 3.8) is 0 Å². The summed E-state index contributed by atoms with van der Waals surface area (Å²) >= 11 is 0. The van der Waals surface area contributed by atoms with E-state index in [1.165, 1.54) is 16.7 Å². The third-order valence-corrected chi connectivity index (χ3v) is 2.58. The number of hydrogen-bond acceptors (Lipinski definition) is 1. The minimum atomic E-state index is -0.0677. The second-order valence-electron chi connectivity index (χ2n) is 7.14. The number of carbonyl (C=O) groups excluding carboxylic acids is 1. The summed E-state index contributed by atoms with van der Waals surface area (Å²) in [5.41, 5.74) is 4.36. The van der Waals surface area contributed by atoms with E-state index < -0.39 is 0 Å². The van der Waals surface area contributed by atoms with Crippen molar-refractivity contribution in [2.75, 3.05) is 0 Å². The average molecular weight is 293 g/mol. The molecule has 122 valence electrons. The van der Waals surface area contributed by atoms with Gasteiger partial charge in [0.15, 0.2) is 0 Å². The molecule has 1 amide bonds. The summed E-state index contributed by atoms with van der Waals surface area (Å²) in [5.74, 6) is 0. The number of benzene rings is 1. The fourth-order valence-corrected chi connectivity index (χ4v) is 1.58. The number of rotatable bonds is 1. The summed E-state index contributed by atoms with van der Waals surface area (Å²) in [5, 5.41) is 2.60. The molecule has 1 aromatic rings. The third-order valence-electron chi connectivity index (χ3n) is 2.58. The highest BCUT2D eigenvalue weighted by Gasteiger charge is 2.13. The molecule has 0 radical (unpaired) electrons. The Morgan fingerprint density at radius 2 is 1.24 bits per heavy atom. The van der Waals surface area contributed by atoms with Crippen molar-refractivity contribution < 1.29 is 4.79 Å². The Kier molecular flexibility index (Phi) is 10.0. The molecular formula is C19H35NO. The van der Waals surface area contributed by atoms with Crippen LogP contribution < -0.4 is 5.32 Å². The number of hydrogen-bond donors (Lipinski definition) is 1. The van der Waals surface area contributed by atoms with Crippen molar-refractivity contribution in [3.8, 4) is 0 Å². The molecular weight excluding hydrogens is 258 g/mol. The SMILES string of the molecule is CC.CC(C)(C)NC=O.Cc1cc(C)cc(C(C)(C)C)c1. The smallest absolute Gasteiger partial charge is 0.207 e. The van der Waals surface area contributed by atoms with Gasteiger partial charge in [-0.3, -0.25) is 4.79 Å². The van der Waals surface area contributed by atoms with E-state index in [0.29, 0.717) is 6.41 Å². The Balaban J connectivity index is 0. The van der Waals surface area contributed by atoms with Gasteiger partial charge in [-0.1, -0.05) is 63.9 Å². The monoisotopic (exact) mass is 293 g/mol. The van der Waals surface area contributed by atoms with Crippen LogP contribution in [-0.2, 0) is 10.2 Å². The largest absolute Gasteiger partial charge is 0.354 e. The molecule has 1 aromatic carbocycles. The van der Waals surface area contributed by atoms with Crippen LogP contribution in [0.25, 0.3) is 0 Å². The molecule has 0 spiro atoms. The normalized spacial score (nSPS) is 10.6. The molecule has 1 N–H and O–H groups in total. The van der Waals surface area contributed by atoms with E-state index in [-0.39, 0.29) is 11.0 Å². The van der Waals surface area contributed by atoms with E-state index in [0.717, 1.165) is 0 Å². The molecule has 0 aromatic heterocycles. The highest BCUT2D eigenvalue weighted by Crippen LogP contribution is 2.23. The van der Waals surface area contributed by atoms with Gasteiger partial charge in [0.2, 0.25) is 6.41 Å². The lowest BCUT2D eigenvalue weighted by Crippen LogP contribution is -2.34. The van der Waals surface area contributed by atoms with Gasteiger partial charge in [0.05, 0.1) is 0 Å². The van der Waals surface area contributed by atoms with Gasteiger partial charge in [-0.05, 0) is 45.6 Å². The maximum atomic E-state index is 9.71. The molecule has 0 aliphatic rings. The molecule has 0 fully saturated rings. The first-order valence-corrected chi connectivity index (χ1v) is 7.76. The Morgan fingerprint density at radius 1 is 0.857 bits per heavy atom. The molecule has 0 bridgehead atoms. The molecule has 1 rings (SSSR count). The van der Waals surface area contributed by atoms with Gasteiger partial charge in [0.1, 0.15) is 0 Å². The van der Waals surface area contributed by atoms with E-state index in [9.17, 15) is 4.79 Å². The molecule has 0 unspecified atom stereocenters. The predicted octanol–water partition coefficient (Wildman–Crippen LogP) is 5.16. The second-order valence-corrected chi connectivity index (χ2v) is 7.14. The summed E-state index contributed by atoms with van der Waals surface area (Å²) in [6, 6.07) is 6.76. The van der Waals surface area contributed by atoms with Crippen molar-refractivity contribution in [2.24, 2.45) is 0 Å². The first kappa shape index (κ1) is 22.0. The summed E-state index contributed by atoms with van der Waals surface area (Å²) in [6.07, 6.45) is 0.708. The van der Waals surface area contributed by atoms with Crippen LogP contribution in [0.2, 0.25) is 0 Å². The van der Waals surface area contributed by atoms with Gasteiger partial charge in [0.25, 0.3) is 0 Å². The average Bonchev–Trinajstić information content (AvgIpc) is 2.28. The lowest BCUT2D eigenvalue weighted by Gasteiger charge is -2.20. The molecule has 2 nitrogen and oxygen atoms in total. The molecule has 2 heteroatoms.